The quantitative estimate of drug-likeness (QED) is 0.648. The zero-order chi connectivity index (χ0) is 8.10. The highest BCUT2D eigenvalue weighted by molar-refractivity contribution is 5.41. The number of rotatable bonds is 3. The van der Waals surface area contributed by atoms with Crippen LogP contribution in [0.2, 0.25) is 0 Å². The molecule has 0 saturated heterocycles. The minimum absolute atomic E-state index is 0.216. The molecule has 3 heteroatoms. The van der Waals surface area contributed by atoms with Crippen LogP contribution < -0.4 is 10.9 Å². The number of halogens is 1. The zero-order valence-electron chi connectivity index (χ0n) is 6.39. The molecular formula is C8H11FN2. The molecule has 1 rings (SSSR count). The molecule has 0 aliphatic heterocycles. The fourth-order valence-electron chi connectivity index (χ4n) is 0.724. The maximum Gasteiger partial charge on any atom is 0.123 e. The van der Waals surface area contributed by atoms with Crippen LogP contribution in [0, 0.1) is 5.82 Å². The monoisotopic (exact) mass is 154 g/mol. The third-order valence-electron chi connectivity index (χ3n) is 1.25. The summed E-state index contributed by atoms with van der Waals surface area (Å²) in [6, 6.07) is 6.19. The van der Waals surface area contributed by atoms with Crippen molar-refractivity contribution >= 4 is 5.69 Å². The van der Waals surface area contributed by atoms with Crippen LogP contribution in [0.3, 0.4) is 0 Å². The molecule has 2 nitrogen and oxygen atoms in total. The lowest BCUT2D eigenvalue weighted by Gasteiger charge is -2.04. The van der Waals surface area contributed by atoms with Crippen LogP contribution in [0.1, 0.15) is 6.92 Å². The highest BCUT2D eigenvalue weighted by atomic mass is 19.1. The molecule has 0 unspecified atom stereocenters. The smallest absolute Gasteiger partial charge is 0.123 e. The summed E-state index contributed by atoms with van der Waals surface area (Å²) >= 11 is 0. The number of hydrogen-bond acceptors (Lipinski definition) is 2. The van der Waals surface area contributed by atoms with Crippen molar-refractivity contribution < 1.29 is 4.39 Å². The van der Waals surface area contributed by atoms with Crippen LogP contribution in [-0.4, -0.2) is 6.54 Å². The van der Waals surface area contributed by atoms with E-state index in [-0.39, 0.29) is 5.82 Å². The lowest BCUT2D eigenvalue weighted by atomic mass is 10.3. The Labute approximate surface area is 65.4 Å². The SMILES string of the molecule is CCNNc1ccc(F)cc1. The van der Waals surface area contributed by atoms with Gasteiger partial charge in [-0.3, -0.25) is 0 Å². The molecule has 1 aromatic rings. The first kappa shape index (κ1) is 8.01. The molecule has 0 spiro atoms. The Hall–Kier alpha value is -1.09. The molecule has 1 aromatic carbocycles. The average molecular weight is 154 g/mol. The number of anilines is 1. The van der Waals surface area contributed by atoms with Gasteiger partial charge in [0.1, 0.15) is 5.82 Å². The van der Waals surface area contributed by atoms with E-state index in [2.05, 4.69) is 10.9 Å². The van der Waals surface area contributed by atoms with Crippen LogP contribution in [0.15, 0.2) is 24.3 Å². The zero-order valence-corrected chi connectivity index (χ0v) is 6.39. The van der Waals surface area contributed by atoms with Crippen molar-refractivity contribution in [1.82, 2.24) is 5.43 Å². The molecule has 0 saturated carbocycles. The van der Waals surface area contributed by atoms with Crippen LogP contribution in [0.25, 0.3) is 0 Å². The molecule has 2 N–H and O–H groups in total. The fourth-order valence-corrected chi connectivity index (χ4v) is 0.724. The van der Waals surface area contributed by atoms with Gasteiger partial charge in [0.05, 0.1) is 0 Å². The van der Waals surface area contributed by atoms with E-state index in [0.717, 1.165) is 12.2 Å². The summed E-state index contributed by atoms with van der Waals surface area (Å²) in [5.74, 6) is -0.216. The second kappa shape index (κ2) is 3.93. The standard InChI is InChI=1S/C8H11FN2/c1-2-10-11-8-5-3-7(9)4-6-8/h3-6,10-11H,2H2,1H3. The van der Waals surface area contributed by atoms with Crippen molar-refractivity contribution in [3.63, 3.8) is 0 Å². The van der Waals surface area contributed by atoms with Crippen molar-refractivity contribution in [3.05, 3.63) is 30.1 Å². The summed E-state index contributed by atoms with van der Waals surface area (Å²) in [5, 5.41) is 0. The lowest BCUT2D eigenvalue weighted by Crippen LogP contribution is -2.20. The van der Waals surface area contributed by atoms with Crippen molar-refractivity contribution in [3.8, 4) is 0 Å². The van der Waals surface area contributed by atoms with E-state index in [1.54, 1.807) is 12.1 Å². The van der Waals surface area contributed by atoms with Gasteiger partial charge >= 0.3 is 0 Å². The summed E-state index contributed by atoms with van der Waals surface area (Å²) in [5.41, 5.74) is 6.69. The van der Waals surface area contributed by atoms with E-state index in [0.29, 0.717) is 0 Å². The lowest BCUT2D eigenvalue weighted by molar-refractivity contribution is 0.628. The molecular weight excluding hydrogens is 143 g/mol. The second-order valence-electron chi connectivity index (χ2n) is 2.16. The van der Waals surface area contributed by atoms with E-state index >= 15 is 0 Å². The second-order valence-corrected chi connectivity index (χ2v) is 2.16. The first-order chi connectivity index (χ1) is 5.33. The minimum atomic E-state index is -0.216. The molecule has 0 radical (unpaired) electrons. The van der Waals surface area contributed by atoms with E-state index in [1.165, 1.54) is 12.1 Å². The molecule has 0 atom stereocenters. The van der Waals surface area contributed by atoms with Gasteiger partial charge in [-0.05, 0) is 24.3 Å². The molecule has 0 amide bonds. The van der Waals surface area contributed by atoms with Gasteiger partial charge in [0, 0.05) is 12.2 Å². The number of benzene rings is 1. The number of hydrogen-bond donors (Lipinski definition) is 2. The van der Waals surface area contributed by atoms with Gasteiger partial charge in [0.25, 0.3) is 0 Å². The maximum atomic E-state index is 12.4. The summed E-state index contributed by atoms with van der Waals surface area (Å²) < 4.78 is 12.4. The van der Waals surface area contributed by atoms with Gasteiger partial charge in [-0.2, -0.15) is 0 Å². The Morgan fingerprint density at radius 2 is 1.91 bits per heavy atom. The van der Waals surface area contributed by atoms with Crippen molar-refractivity contribution in [1.29, 1.82) is 0 Å². The number of nitrogens with one attached hydrogen (secondary N) is 2. The third kappa shape index (κ3) is 2.55. The largest absolute Gasteiger partial charge is 0.322 e. The fraction of sp³-hybridized carbons (Fsp3) is 0.250. The van der Waals surface area contributed by atoms with Crippen molar-refractivity contribution in [2.24, 2.45) is 0 Å². The Morgan fingerprint density at radius 3 is 2.45 bits per heavy atom. The predicted octanol–water partition coefficient (Wildman–Crippen LogP) is 1.76. The maximum absolute atomic E-state index is 12.4. The highest BCUT2D eigenvalue weighted by Crippen LogP contribution is 2.05. The summed E-state index contributed by atoms with van der Waals surface area (Å²) in [7, 11) is 0. The Balaban J connectivity index is 2.52. The molecule has 0 heterocycles. The van der Waals surface area contributed by atoms with Gasteiger partial charge in [0.15, 0.2) is 0 Å². The Bertz CT molecular complexity index is 208. The van der Waals surface area contributed by atoms with Crippen molar-refractivity contribution in [2.45, 2.75) is 6.92 Å². The summed E-state index contributed by atoms with van der Waals surface area (Å²) in [6.07, 6.45) is 0. The van der Waals surface area contributed by atoms with Crippen LogP contribution in [0.5, 0.6) is 0 Å². The van der Waals surface area contributed by atoms with E-state index in [4.69, 9.17) is 0 Å². The topological polar surface area (TPSA) is 24.1 Å². The molecule has 0 bridgehead atoms. The molecule has 60 valence electrons. The van der Waals surface area contributed by atoms with Crippen LogP contribution >= 0.6 is 0 Å². The number of hydrazine groups is 1. The van der Waals surface area contributed by atoms with E-state index in [1.807, 2.05) is 6.92 Å². The minimum Gasteiger partial charge on any atom is -0.322 e. The van der Waals surface area contributed by atoms with Gasteiger partial charge in [0.2, 0.25) is 0 Å². The van der Waals surface area contributed by atoms with E-state index < -0.39 is 0 Å². The normalized spacial score (nSPS) is 9.64. The Morgan fingerprint density at radius 1 is 1.27 bits per heavy atom. The molecule has 0 aliphatic rings. The van der Waals surface area contributed by atoms with Gasteiger partial charge in [-0.15, -0.1) is 0 Å². The van der Waals surface area contributed by atoms with E-state index in [9.17, 15) is 4.39 Å². The molecule has 0 aromatic heterocycles. The van der Waals surface area contributed by atoms with Gasteiger partial charge in [-0.1, -0.05) is 6.92 Å². The first-order valence-corrected chi connectivity index (χ1v) is 3.57. The summed E-state index contributed by atoms with van der Waals surface area (Å²) in [4.78, 5) is 0. The molecule has 11 heavy (non-hydrogen) atoms. The molecule has 0 fully saturated rings. The third-order valence-corrected chi connectivity index (χ3v) is 1.25. The Kier molecular flexibility index (Phi) is 2.86. The highest BCUT2D eigenvalue weighted by Gasteiger charge is 1.89. The van der Waals surface area contributed by atoms with Crippen molar-refractivity contribution in [2.75, 3.05) is 12.0 Å². The summed E-state index contributed by atoms with van der Waals surface area (Å²) in [6.45, 7) is 2.81. The average Bonchev–Trinajstić information content (AvgIpc) is 2.04. The van der Waals surface area contributed by atoms with Crippen LogP contribution in [0.4, 0.5) is 10.1 Å². The van der Waals surface area contributed by atoms with Crippen LogP contribution in [-0.2, 0) is 0 Å². The van der Waals surface area contributed by atoms with Gasteiger partial charge < -0.3 is 5.43 Å². The molecule has 0 aliphatic carbocycles. The first-order valence-electron chi connectivity index (χ1n) is 3.57. The predicted molar refractivity (Wildman–Crippen MR) is 43.7 cm³/mol. The van der Waals surface area contributed by atoms with Gasteiger partial charge in [-0.25, -0.2) is 9.82 Å².